The highest BCUT2D eigenvalue weighted by atomic mass is 35.5. The van der Waals surface area contributed by atoms with E-state index in [1.54, 1.807) is 40.7 Å². The van der Waals surface area contributed by atoms with Crippen LogP contribution >= 0.6 is 23.2 Å². The Hall–Kier alpha value is -4.68. The molecule has 15 nitrogen and oxygen atoms in total. The van der Waals surface area contributed by atoms with Gasteiger partial charge in [-0.15, -0.1) is 10.2 Å². The number of esters is 1. The number of nitrogens with one attached hydrogen (secondary N) is 2. The number of H-pyrrole nitrogens is 1. The summed E-state index contributed by atoms with van der Waals surface area (Å²) < 4.78 is 17.7. The van der Waals surface area contributed by atoms with E-state index in [-0.39, 0.29) is 38.8 Å². The second-order valence-electron chi connectivity index (χ2n) is 10.3. The van der Waals surface area contributed by atoms with Crippen LogP contribution in [0.25, 0.3) is 5.69 Å². The molecule has 3 aromatic rings. The van der Waals surface area contributed by atoms with Crippen LogP contribution in [0, 0.1) is 11.3 Å². The van der Waals surface area contributed by atoms with Crippen LogP contribution in [0.1, 0.15) is 58.7 Å². The number of nitrogens with zero attached hydrogens (tertiary/aromatic N) is 5. The zero-order chi connectivity index (χ0) is 32.2. The van der Waals surface area contributed by atoms with Crippen molar-refractivity contribution in [3.63, 3.8) is 0 Å². The standard InChI is InChI=1S/C26H27Cl2N7O8/c1-12(2)15-9-19(33-34(22(15)37)11-41-23(38)13(3)30-25(40)43-26(4,5)6)42-20-16(27)7-14(8-17(20)28)35-24(39)31-21(36)18(10-29)32-35/h7-9,12-13H,11H2,1-6H3,(H,30,40)(H,31,36,39)/t13-/m0/s1. The van der Waals surface area contributed by atoms with Crippen LogP contribution in [-0.2, 0) is 21.0 Å². The van der Waals surface area contributed by atoms with Crippen molar-refractivity contribution in [2.75, 3.05) is 0 Å². The van der Waals surface area contributed by atoms with E-state index in [2.05, 4.69) is 15.5 Å². The van der Waals surface area contributed by atoms with Gasteiger partial charge < -0.3 is 19.5 Å². The highest BCUT2D eigenvalue weighted by molar-refractivity contribution is 6.37. The zero-order valence-corrected chi connectivity index (χ0v) is 25.4. The number of ether oxygens (including phenoxy) is 3. The predicted octanol–water partition coefficient (Wildman–Crippen LogP) is 2.99. The van der Waals surface area contributed by atoms with Crippen molar-refractivity contribution in [3.8, 4) is 23.4 Å². The number of carbonyl (C=O) groups excluding carboxylic acids is 2. The van der Waals surface area contributed by atoms with Gasteiger partial charge in [-0.05, 0) is 45.7 Å². The second-order valence-corrected chi connectivity index (χ2v) is 11.1. The Labute approximate surface area is 253 Å². The average Bonchev–Trinajstić information content (AvgIpc) is 2.89. The maximum Gasteiger partial charge on any atom is 0.408 e. The van der Waals surface area contributed by atoms with E-state index < -0.39 is 52.9 Å². The Bertz CT molecular complexity index is 1760. The Kier molecular flexibility index (Phi) is 10.00. The van der Waals surface area contributed by atoms with Gasteiger partial charge in [-0.2, -0.15) is 14.6 Å². The molecular formula is C26H27Cl2N7O8. The number of aromatic nitrogens is 5. The molecule has 2 heterocycles. The topological polar surface area (TPSA) is 200 Å². The van der Waals surface area contributed by atoms with Gasteiger partial charge in [0.25, 0.3) is 11.1 Å². The van der Waals surface area contributed by atoms with Gasteiger partial charge in [-0.1, -0.05) is 37.0 Å². The van der Waals surface area contributed by atoms with Gasteiger partial charge in [-0.25, -0.2) is 14.4 Å². The summed E-state index contributed by atoms with van der Waals surface area (Å²) >= 11 is 12.8. The fraction of sp³-hybridized carbons (Fsp3) is 0.385. The van der Waals surface area contributed by atoms with Crippen molar-refractivity contribution < 1.29 is 23.8 Å². The van der Waals surface area contributed by atoms with Crippen LogP contribution in [0.5, 0.6) is 11.6 Å². The van der Waals surface area contributed by atoms with Gasteiger partial charge in [0.1, 0.15) is 17.7 Å². The predicted molar refractivity (Wildman–Crippen MR) is 153 cm³/mol. The Balaban J connectivity index is 1.88. The van der Waals surface area contributed by atoms with Gasteiger partial charge in [0.05, 0.1) is 15.7 Å². The fourth-order valence-corrected chi connectivity index (χ4v) is 3.95. The molecule has 1 aromatic carbocycles. The molecule has 0 saturated carbocycles. The quantitative estimate of drug-likeness (QED) is 0.344. The molecule has 1 atom stereocenters. The summed E-state index contributed by atoms with van der Waals surface area (Å²) in [7, 11) is 0. The maximum absolute atomic E-state index is 13.0. The zero-order valence-electron chi connectivity index (χ0n) is 23.9. The average molecular weight is 636 g/mol. The van der Waals surface area contributed by atoms with Gasteiger partial charge in [-0.3, -0.25) is 14.6 Å². The number of amides is 1. The molecule has 17 heteroatoms. The number of alkyl carbamates (subject to hydrolysis) is 1. The number of rotatable bonds is 8. The summed E-state index contributed by atoms with van der Waals surface area (Å²) in [5.74, 6) is -1.40. The number of nitriles is 1. The summed E-state index contributed by atoms with van der Waals surface area (Å²) in [5, 5.41) is 19.0. The molecule has 0 aliphatic carbocycles. The third-order valence-corrected chi connectivity index (χ3v) is 5.95. The van der Waals surface area contributed by atoms with Crippen molar-refractivity contribution >= 4 is 35.3 Å². The molecule has 0 unspecified atom stereocenters. The second kappa shape index (κ2) is 13.1. The monoisotopic (exact) mass is 635 g/mol. The van der Waals surface area contributed by atoms with Crippen LogP contribution in [0.4, 0.5) is 4.79 Å². The first-order valence-corrected chi connectivity index (χ1v) is 13.4. The molecule has 1 amide bonds. The number of hydrogen-bond acceptors (Lipinski definition) is 11. The number of benzene rings is 1. The molecular weight excluding hydrogens is 609 g/mol. The lowest BCUT2D eigenvalue weighted by Crippen LogP contribution is -2.43. The summed E-state index contributed by atoms with van der Waals surface area (Å²) in [4.78, 5) is 63.3. The first kappa shape index (κ1) is 32.8. The largest absolute Gasteiger partial charge is 0.444 e. The molecule has 228 valence electrons. The minimum Gasteiger partial charge on any atom is -0.444 e. The Morgan fingerprint density at radius 1 is 1.09 bits per heavy atom. The van der Waals surface area contributed by atoms with Gasteiger partial charge >= 0.3 is 17.8 Å². The van der Waals surface area contributed by atoms with E-state index in [0.717, 1.165) is 9.36 Å². The molecule has 43 heavy (non-hydrogen) atoms. The van der Waals surface area contributed by atoms with Crippen molar-refractivity contribution in [3.05, 3.63) is 70.7 Å². The lowest BCUT2D eigenvalue weighted by atomic mass is 10.1. The van der Waals surface area contributed by atoms with Crippen LogP contribution in [-0.4, -0.2) is 48.3 Å². The molecule has 2 aromatic heterocycles. The highest BCUT2D eigenvalue weighted by Gasteiger charge is 2.23. The molecule has 3 rings (SSSR count). The number of carbonyl (C=O) groups is 2. The minimum absolute atomic E-state index is 0.0157. The third kappa shape index (κ3) is 8.21. The first-order chi connectivity index (χ1) is 20.0. The van der Waals surface area contributed by atoms with Crippen LogP contribution in [0.3, 0.4) is 0 Å². The summed E-state index contributed by atoms with van der Waals surface area (Å²) in [6, 6.07) is 4.34. The number of hydrogen-bond donors (Lipinski definition) is 2. The molecule has 0 saturated heterocycles. The lowest BCUT2D eigenvalue weighted by Gasteiger charge is -2.21. The molecule has 0 fully saturated rings. The van der Waals surface area contributed by atoms with Crippen LogP contribution in [0.2, 0.25) is 10.0 Å². The molecule has 0 aliphatic rings. The van der Waals surface area contributed by atoms with Gasteiger partial charge in [0.2, 0.25) is 11.6 Å². The lowest BCUT2D eigenvalue weighted by molar-refractivity contribution is -0.150. The molecule has 0 bridgehead atoms. The molecule has 2 N–H and O–H groups in total. The summed E-state index contributed by atoms with van der Waals surface area (Å²) in [6.07, 6.45) is -0.823. The van der Waals surface area contributed by atoms with E-state index in [0.29, 0.717) is 0 Å². The van der Waals surface area contributed by atoms with Crippen molar-refractivity contribution in [2.24, 2.45) is 0 Å². The van der Waals surface area contributed by atoms with E-state index in [9.17, 15) is 24.0 Å². The van der Waals surface area contributed by atoms with Gasteiger partial charge in [0, 0.05) is 11.6 Å². The van der Waals surface area contributed by atoms with Crippen LogP contribution < -0.4 is 26.9 Å². The van der Waals surface area contributed by atoms with E-state index >= 15 is 0 Å². The third-order valence-electron chi connectivity index (χ3n) is 5.39. The number of aromatic amines is 1. The van der Waals surface area contributed by atoms with E-state index in [1.165, 1.54) is 25.1 Å². The molecule has 0 radical (unpaired) electrons. The fourth-order valence-electron chi connectivity index (χ4n) is 3.40. The minimum atomic E-state index is -1.10. The normalized spacial score (nSPS) is 11.9. The van der Waals surface area contributed by atoms with Crippen LogP contribution in [0.15, 0.2) is 32.6 Å². The van der Waals surface area contributed by atoms with E-state index in [1.807, 2.05) is 4.98 Å². The Morgan fingerprint density at radius 2 is 1.72 bits per heavy atom. The SMILES string of the molecule is CC(C)c1cc(Oc2c(Cl)cc(-n3nc(C#N)c(=O)[nH]c3=O)cc2Cl)nn(COC(=O)[C@H](C)NC(=O)OC(C)(C)C)c1=O. The molecule has 0 spiro atoms. The first-order valence-electron chi connectivity index (χ1n) is 12.6. The van der Waals surface area contributed by atoms with Crippen molar-refractivity contribution in [1.82, 2.24) is 29.9 Å². The Morgan fingerprint density at radius 3 is 2.28 bits per heavy atom. The van der Waals surface area contributed by atoms with Gasteiger partial charge in [0.15, 0.2) is 12.5 Å². The highest BCUT2D eigenvalue weighted by Crippen LogP contribution is 2.37. The molecule has 0 aliphatic heterocycles. The maximum atomic E-state index is 13.0. The van der Waals surface area contributed by atoms with E-state index in [4.69, 9.17) is 42.7 Å². The van der Waals surface area contributed by atoms with Crippen molar-refractivity contribution in [1.29, 1.82) is 5.26 Å². The summed E-state index contributed by atoms with van der Waals surface area (Å²) in [5.41, 5.74) is -3.52. The summed E-state index contributed by atoms with van der Waals surface area (Å²) in [6.45, 7) is 9.27. The van der Waals surface area contributed by atoms with Crippen molar-refractivity contribution in [2.45, 2.75) is 65.8 Å². The smallest absolute Gasteiger partial charge is 0.408 e. The number of halogens is 2.